The summed E-state index contributed by atoms with van der Waals surface area (Å²) in [6.07, 6.45) is 5.03. The lowest BCUT2D eigenvalue weighted by Crippen LogP contribution is -2.44. The van der Waals surface area contributed by atoms with Crippen molar-refractivity contribution in [2.45, 2.75) is 0 Å². The minimum Gasteiger partial charge on any atom is -0.487 e. The Hall–Kier alpha value is -1.93. The number of piperazine rings is 1. The maximum Gasteiger partial charge on any atom is 0.257 e. The summed E-state index contributed by atoms with van der Waals surface area (Å²) in [5, 5.41) is 3.32. The van der Waals surface area contributed by atoms with Gasteiger partial charge < -0.3 is 19.7 Å². The van der Waals surface area contributed by atoms with E-state index in [4.69, 9.17) is 9.47 Å². The Bertz CT molecular complexity index is 637. The molecule has 7 nitrogen and oxygen atoms in total. The Morgan fingerprint density at radius 1 is 1.04 bits per heavy atom. The van der Waals surface area contributed by atoms with E-state index in [0.717, 1.165) is 32.0 Å². The highest BCUT2D eigenvalue weighted by Crippen LogP contribution is 2.23. The molecule has 0 unspecified atom stereocenters. The van der Waals surface area contributed by atoms with Gasteiger partial charge in [-0.25, -0.2) is 15.0 Å². The van der Waals surface area contributed by atoms with Crippen molar-refractivity contribution in [1.82, 2.24) is 20.3 Å². The number of ether oxygens (including phenoxy) is 2. The average Bonchev–Trinajstić information content (AvgIpc) is 2.61. The summed E-state index contributed by atoms with van der Waals surface area (Å²) in [6.45, 7) is 4.46. The van der Waals surface area contributed by atoms with Crippen LogP contribution in [-0.4, -0.2) is 54.3 Å². The predicted octanol–water partition coefficient (Wildman–Crippen LogP) is 1.50. The van der Waals surface area contributed by atoms with Crippen LogP contribution in [0.5, 0.6) is 11.6 Å². The van der Waals surface area contributed by atoms with Crippen LogP contribution in [0.15, 0.2) is 35.3 Å². The molecular formula is C15H18BrN5O2. The number of pyridine rings is 1. The van der Waals surface area contributed by atoms with Crippen LogP contribution in [0.3, 0.4) is 0 Å². The van der Waals surface area contributed by atoms with E-state index in [1.165, 1.54) is 0 Å². The Morgan fingerprint density at radius 3 is 2.65 bits per heavy atom. The third kappa shape index (κ3) is 4.29. The van der Waals surface area contributed by atoms with Crippen LogP contribution in [0.2, 0.25) is 0 Å². The highest BCUT2D eigenvalue weighted by Gasteiger charge is 2.17. The van der Waals surface area contributed by atoms with Gasteiger partial charge in [0.05, 0.1) is 0 Å². The number of anilines is 1. The Balaban J connectivity index is 1.55. The first-order valence-electron chi connectivity index (χ1n) is 7.47. The van der Waals surface area contributed by atoms with Gasteiger partial charge in [0.1, 0.15) is 17.8 Å². The zero-order chi connectivity index (χ0) is 15.9. The Morgan fingerprint density at radius 2 is 1.83 bits per heavy atom. The summed E-state index contributed by atoms with van der Waals surface area (Å²) in [4.78, 5) is 15.0. The molecule has 0 amide bonds. The van der Waals surface area contributed by atoms with Crippen LogP contribution >= 0.6 is 15.9 Å². The molecule has 0 bridgehead atoms. The van der Waals surface area contributed by atoms with Crippen molar-refractivity contribution in [1.29, 1.82) is 0 Å². The number of nitrogens with zero attached hydrogens (tertiary/aromatic N) is 4. The molecule has 0 aromatic carbocycles. The highest BCUT2D eigenvalue weighted by molar-refractivity contribution is 9.10. The fourth-order valence-corrected chi connectivity index (χ4v) is 2.65. The van der Waals surface area contributed by atoms with Crippen LogP contribution in [0, 0.1) is 0 Å². The molecule has 1 aliphatic heterocycles. The normalized spacial score (nSPS) is 14.6. The molecule has 3 heterocycles. The fraction of sp³-hybridized carbons (Fsp3) is 0.400. The standard InChI is InChI=1S/C15H18BrN5O2/c16-13-12(2-1-3-18-13)22-10-11-23-15-14(19-4-5-20-15)21-8-6-17-7-9-21/h1-5,17H,6-11H2. The quantitative estimate of drug-likeness (QED) is 0.602. The van der Waals surface area contributed by atoms with Crippen molar-refractivity contribution in [2.24, 2.45) is 0 Å². The molecule has 122 valence electrons. The van der Waals surface area contributed by atoms with Crippen molar-refractivity contribution in [3.63, 3.8) is 0 Å². The monoisotopic (exact) mass is 379 g/mol. The van der Waals surface area contributed by atoms with Gasteiger partial charge in [0.2, 0.25) is 0 Å². The second kappa shape index (κ2) is 8.07. The summed E-state index contributed by atoms with van der Waals surface area (Å²) in [6, 6.07) is 3.68. The number of rotatable bonds is 6. The zero-order valence-corrected chi connectivity index (χ0v) is 14.2. The van der Waals surface area contributed by atoms with Gasteiger partial charge in [-0.05, 0) is 28.1 Å². The van der Waals surface area contributed by atoms with Crippen molar-refractivity contribution >= 4 is 21.7 Å². The van der Waals surface area contributed by atoms with Crippen LogP contribution in [0.25, 0.3) is 0 Å². The van der Waals surface area contributed by atoms with Gasteiger partial charge in [-0.15, -0.1) is 0 Å². The smallest absolute Gasteiger partial charge is 0.257 e. The number of halogens is 1. The third-order valence-corrected chi connectivity index (χ3v) is 3.96. The van der Waals surface area contributed by atoms with E-state index in [9.17, 15) is 0 Å². The molecule has 0 spiro atoms. The predicted molar refractivity (Wildman–Crippen MR) is 90.0 cm³/mol. The molecular weight excluding hydrogens is 362 g/mol. The van der Waals surface area contributed by atoms with Crippen molar-refractivity contribution < 1.29 is 9.47 Å². The number of aromatic nitrogens is 3. The summed E-state index contributed by atoms with van der Waals surface area (Å²) >= 11 is 3.35. The SMILES string of the molecule is Brc1ncccc1OCCOc1nccnc1N1CCNCC1. The summed E-state index contributed by atoms with van der Waals surface area (Å²) in [7, 11) is 0. The van der Waals surface area contributed by atoms with Gasteiger partial charge in [0.15, 0.2) is 11.6 Å². The largest absolute Gasteiger partial charge is 0.487 e. The van der Waals surface area contributed by atoms with E-state index < -0.39 is 0 Å². The minimum atomic E-state index is 0.388. The van der Waals surface area contributed by atoms with Gasteiger partial charge in [-0.1, -0.05) is 0 Å². The first kappa shape index (κ1) is 15.9. The van der Waals surface area contributed by atoms with E-state index in [1.807, 2.05) is 12.1 Å². The van der Waals surface area contributed by atoms with Gasteiger partial charge >= 0.3 is 0 Å². The lowest BCUT2D eigenvalue weighted by molar-refractivity contribution is 0.210. The maximum absolute atomic E-state index is 5.76. The molecule has 3 rings (SSSR count). The molecule has 23 heavy (non-hydrogen) atoms. The lowest BCUT2D eigenvalue weighted by atomic mass is 10.3. The second-order valence-corrected chi connectivity index (χ2v) is 5.66. The lowest BCUT2D eigenvalue weighted by Gasteiger charge is -2.28. The summed E-state index contributed by atoms with van der Waals surface area (Å²) in [5.74, 6) is 2.03. The molecule has 8 heteroatoms. The molecule has 0 saturated carbocycles. The fourth-order valence-electron chi connectivity index (χ4n) is 2.28. The van der Waals surface area contributed by atoms with Crippen LogP contribution in [-0.2, 0) is 0 Å². The van der Waals surface area contributed by atoms with Crippen LogP contribution in [0.1, 0.15) is 0 Å². The summed E-state index contributed by atoms with van der Waals surface area (Å²) in [5.41, 5.74) is 0. The Kier molecular flexibility index (Phi) is 5.60. The van der Waals surface area contributed by atoms with Crippen molar-refractivity contribution in [3.8, 4) is 11.6 Å². The van der Waals surface area contributed by atoms with E-state index in [-0.39, 0.29) is 0 Å². The summed E-state index contributed by atoms with van der Waals surface area (Å²) < 4.78 is 12.1. The third-order valence-electron chi connectivity index (χ3n) is 3.37. The van der Waals surface area contributed by atoms with Crippen LogP contribution < -0.4 is 19.7 Å². The molecule has 1 saturated heterocycles. The topological polar surface area (TPSA) is 72.4 Å². The minimum absolute atomic E-state index is 0.388. The first-order chi connectivity index (χ1) is 11.3. The van der Waals surface area contributed by atoms with Crippen LogP contribution in [0.4, 0.5) is 5.82 Å². The molecule has 0 radical (unpaired) electrons. The number of hydrogen-bond acceptors (Lipinski definition) is 7. The van der Waals surface area contributed by atoms with E-state index in [0.29, 0.717) is 29.4 Å². The molecule has 1 aliphatic rings. The van der Waals surface area contributed by atoms with E-state index in [2.05, 4.69) is 41.1 Å². The number of hydrogen-bond donors (Lipinski definition) is 1. The molecule has 1 fully saturated rings. The zero-order valence-electron chi connectivity index (χ0n) is 12.6. The highest BCUT2D eigenvalue weighted by atomic mass is 79.9. The molecule has 0 aliphatic carbocycles. The maximum atomic E-state index is 5.76. The van der Waals surface area contributed by atoms with E-state index >= 15 is 0 Å². The molecule has 2 aromatic rings. The second-order valence-electron chi connectivity index (χ2n) is 4.91. The van der Waals surface area contributed by atoms with Crippen molar-refractivity contribution in [3.05, 3.63) is 35.3 Å². The van der Waals surface area contributed by atoms with Gasteiger partial charge in [0.25, 0.3) is 5.88 Å². The van der Waals surface area contributed by atoms with Gasteiger partial charge in [-0.3, -0.25) is 0 Å². The van der Waals surface area contributed by atoms with Gasteiger partial charge in [-0.2, -0.15) is 0 Å². The molecule has 2 aromatic heterocycles. The Labute approximate surface area is 143 Å². The molecule has 0 atom stereocenters. The van der Waals surface area contributed by atoms with Crippen molar-refractivity contribution in [2.75, 3.05) is 44.3 Å². The molecule has 1 N–H and O–H groups in total. The van der Waals surface area contributed by atoms with E-state index in [1.54, 1.807) is 18.6 Å². The number of nitrogens with one attached hydrogen (secondary N) is 1. The van der Waals surface area contributed by atoms with Gasteiger partial charge in [0, 0.05) is 44.8 Å². The average molecular weight is 380 g/mol. The first-order valence-corrected chi connectivity index (χ1v) is 8.26.